The van der Waals surface area contributed by atoms with Gasteiger partial charge in [-0.3, -0.25) is 9.59 Å². The molecule has 4 nitrogen and oxygen atoms in total. The van der Waals surface area contributed by atoms with Crippen molar-refractivity contribution in [2.45, 2.75) is 71.3 Å². The highest BCUT2D eigenvalue weighted by Crippen LogP contribution is 2.31. The quantitative estimate of drug-likeness (QED) is 0.751. The molecule has 0 aromatic rings. The first-order chi connectivity index (χ1) is 8.85. The van der Waals surface area contributed by atoms with Crippen molar-refractivity contribution in [3.63, 3.8) is 0 Å². The van der Waals surface area contributed by atoms with Gasteiger partial charge in [-0.15, -0.1) is 0 Å². The molecule has 0 heterocycles. The molecule has 1 saturated carbocycles. The highest BCUT2D eigenvalue weighted by atomic mass is 16.6. The van der Waals surface area contributed by atoms with Crippen molar-refractivity contribution in [1.29, 1.82) is 0 Å². The highest BCUT2D eigenvalue weighted by molar-refractivity contribution is 5.74. The molecule has 110 valence electrons. The van der Waals surface area contributed by atoms with Crippen LogP contribution in [-0.2, 0) is 14.3 Å². The zero-order valence-corrected chi connectivity index (χ0v) is 12.3. The summed E-state index contributed by atoms with van der Waals surface area (Å²) < 4.78 is 5.59. The van der Waals surface area contributed by atoms with Crippen molar-refractivity contribution in [3.05, 3.63) is 0 Å². The third kappa shape index (κ3) is 5.21. The summed E-state index contributed by atoms with van der Waals surface area (Å²) >= 11 is 0. The molecular weight excluding hydrogens is 244 g/mol. The van der Waals surface area contributed by atoms with Gasteiger partial charge in [-0.25, -0.2) is 0 Å². The molecule has 19 heavy (non-hydrogen) atoms. The Balaban J connectivity index is 2.41. The van der Waals surface area contributed by atoms with Crippen molar-refractivity contribution in [2.24, 2.45) is 11.8 Å². The fourth-order valence-corrected chi connectivity index (χ4v) is 2.59. The number of unbranched alkanes of at least 4 members (excludes halogenated alkanes) is 1. The number of rotatable bonds is 6. The summed E-state index contributed by atoms with van der Waals surface area (Å²) in [5.41, 5.74) is -0.406. The van der Waals surface area contributed by atoms with Crippen LogP contribution in [0.25, 0.3) is 0 Å². The van der Waals surface area contributed by atoms with Gasteiger partial charge in [0.2, 0.25) is 0 Å². The van der Waals surface area contributed by atoms with E-state index in [-0.39, 0.29) is 17.8 Å². The first-order valence-corrected chi connectivity index (χ1v) is 7.31. The lowest BCUT2D eigenvalue weighted by atomic mass is 9.82. The van der Waals surface area contributed by atoms with Crippen LogP contribution in [0, 0.1) is 11.8 Å². The molecule has 1 aliphatic carbocycles. The second-order valence-electron chi connectivity index (χ2n) is 6.17. The van der Waals surface area contributed by atoms with Crippen LogP contribution in [0.3, 0.4) is 0 Å². The van der Waals surface area contributed by atoms with E-state index in [1.165, 1.54) is 0 Å². The maximum atomic E-state index is 12.1. The summed E-state index contributed by atoms with van der Waals surface area (Å²) in [5.74, 6) is -1.28. The topological polar surface area (TPSA) is 63.6 Å². The van der Waals surface area contributed by atoms with E-state index in [2.05, 4.69) is 6.92 Å². The molecule has 1 N–H and O–H groups in total. The number of esters is 1. The lowest BCUT2D eigenvalue weighted by Gasteiger charge is -2.30. The minimum absolute atomic E-state index is 0.114. The van der Waals surface area contributed by atoms with E-state index in [0.29, 0.717) is 25.7 Å². The van der Waals surface area contributed by atoms with Gasteiger partial charge in [0.1, 0.15) is 5.60 Å². The van der Waals surface area contributed by atoms with Crippen molar-refractivity contribution in [2.75, 3.05) is 0 Å². The van der Waals surface area contributed by atoms with Crippen molar-refractivity contribution in [3.8, 4) is 0 Å². The summed E-state index contributed by atoms with van der Waals surface area (Å²) in [4.78, 5) is 22.9. The predicted octanol–water partition coefficient (Wildman–Crippen LogP) is 3.39. The molecule has 0 radical (unpaired) electrons. The lowest BCUT2D eigenvalue weighted by Crippen LogP contribution is -2.34. The number of hydrogen-bond acceptors (Lipinski definition) is 3. The van der Waals surface area contributed by atoms with Crippen molar-refractivity contribution < 1.29 is 19.4 Å². The zero-order valence-electron chi connectivity index (χ0n) is 12.3. The smallest absolute Gasteiger partial charge is 0.309 e. The second kappa shape index (κ2) is 6.92. The van der Waals surface area contributed by atoms with Gasteiger partial charge in [0.25, 0.3) is 0 Å². The molecule has 0 saturated heterocycles. The lowest BCUT2D eigenvalue weighted by molar-refractivity contribution is -0.164. The van der Waals surface area contributed by atoms with Crippen LogP contribution >= 0.6 is 0 Å². The van der Waals surface area contributed by atoms with E-state index < -0.39 is 11.6 Å². The van der Waals surface area contributed by atoms with Crippen molar-refractivity contribution in [1.82, 2.24) is 0 Å². The maximum Gasteiger partial charge on any atom is 0.309 e. The summed E-state index contributed by atoms with van der Waals surface area (Å²) in [6.45, 7) is 6.01. The number of hydrogen-bond donors (Lipinski definition) is 1. The van der Waals surface area contributed by atoms with Crippen LogP contribution in [0.2, 0.25) is 0 Å². The molecule has 1 aliphatic rings. The largest absolute Gasteiger partial charge is 0.481 e. The number of aliphatic carboxylic acids is 1. The van der Waals surface area contributed by atoms with Gasteiger partial charge in [0.05, 0.1) is 11.8 Å². The Bertz CT molecular complexity index is 314. The maximum absolute atomic E-state index is 12.1. The number of carbonyl (C=O) groups excluding carboxylic acids is 1. The van der Waals surface area contributed by atoms with E-state index in [1.54, 1.807) is 0 Å². The number of carbonyl (C=O) groups is 2. The molecule has 0 aromatic heterocycles. The van der Waals surface area contributed by atoms with Gasteiger partial charge < -0.3 is 9.84 Å². The van der Waals surface area contributed by atoms with Gasteiger partial charge in [-0.1, -0.05) is 13.3 Å². The van der Waals surface area contributed by atoms with E-state index in [4.69, 9.17) is 9.84 Å². The van der Waals surface area contributed by atoms with E-state index in [9.17, 15) is 9.59 Å². The molecular formula is C15H26O4. The number of carboxylic acid groups (broad SMARTS) is 1. The third-order valence-electron chi connectivity index (χ3n) is 3.92. The Morgan fingerprint density at radius 2 is 1.68 bits per heavy atom. The number of carboxylic acids is 1. The van der Waals surface area contributed by atoms with Crippen molar-refractivity contribution >= 4 is 11.9 Å². The van der Waals surface area contributed by atoms with Gasteiger partial charge in [-0.2, -0.15) is 0 Å². The molecule has 0 unspecified atom stereocenters. The molecule has 1 rings (SSSR count). The van der Waals surface area contributed by atoms with Crippen LogP contribution in [-0.4, -0.2) is 22.6 Å². The standard InChI is InChI=1S/C15H26O4/c1-4-5-10-15(2,3)19-14(18)12-8-6-11(7-9-12)13(16)17/h11-12H,4-10H2,1-3H3,(H,16,17). The average molecular weight is 270 g/mol. The number of ether oxygens (including phenoxy) is 1. The normalized spacial score (nSPS) is 23.9. The third-order valence-corrected chi connectivity index (χ3v) is 3.92. The molecule has 4 heteroatoms. The first-order valence-electron chi connectivity index (χ1n) is 7.31. The first kappa shape index (κ1) is 16.0. The van der Waals surface area contributed by atoms with Crippen LogP contribution < -0.4 is 0 Å². The van der Waals surface area contributed by atoms with E-state index in [0.717, 1.165) is 19.3 Å². The second-order valence-corrected chi connectivity index (χ2v) is 6.17. The average Bonchev–Trinajstić information content (AvgIpc) is 2.36. The Morgan fingerprint density at radius 3 is 2.16 bits per heavy atom. The summed E-state index contributed by atoms with van der Waals surface area (Å²) in [5, 5.41) is 8.93. The molecule has 1 fully saturated rings. The van der Waals surface area contributed by atoms with Crippen LogP contribution in [0.15, 0.2) is 0 Å². The van der Waals surface area contributed by atoms with Gasteiger partial charge in [0, 0.05) is 0 Å². The Hall–Kier alpha value is -1.06. The Kier molecular flexibility index (Phi) is 5.83. The fourth-order valence-electron chi connectivity index (χ4n) is 2.59. The zero-order chi connectivity index (χ0) is 14.5. The van der Waals surface area contributed by atoms with E-state index >= 15 is 0 Å². The van der Waals surface area contributed by atoms with Gasteiger partial charge in [0.15, 0.2) is 0 Å². The van der Waals surface area contributed by atoms with Gasteiger partial charge in [-0.05, 0) is 52.4 Å². The van der Waals surface area contributed by atoms with Gasteiger partial charge >= 0.3 is 11.9 Å². The molecule has 0 aromatic carbocycles. The summed E-state index contributed by atoms with van der Waals surface area (Å²) in [6.07, 6.45) is 5.46. The van der Waals surface area contributed by atoms with Crippen LogP contribution in [0.1, 0.15) is 65.7 Å². The SMILES string of the molecule is CCCCC(C)(C)OC(=O)C1CCC(C(=O)O)CC1. The molecule has 0 atom stereocenters. The monoisotopic (exact) mass is 270 g/mol. The molecule has 0 bridgehead atoms. The minimum Gasteiger partial charge on any atom is -0.481 e. The van der Waals surface area contributed by atoms with Crippen LogP contribution in [0.4, 0.5) is 0 Å². The Labute approximate surface area is 115 Å². The molecule has 0 aliphatic heterocycles. The summed E-state index contributed by atoms with van der Waals surface area (Å²) in [6, 6.07) is 0. The molecule has 0 amide bonds. The Morgan fingerprint density at radius 1 is 1.16 bits per heavy atom. The molecule has 0 spiro atoms. The summed E-state index contributed by atoms with van der Waals surface area (Å²) in [7, 11) is 0. The highest BCUT2D eigenvalue weighted by Gasteiger charge is 2.33. The fraction of sp³-hybridized carbons (Fsp3) is 0.867. The predicted molar refractivity (Wildman–Crippen MR) is 72.8 cm³/mol. The van der Waals surface area contributed by atoms with Crippen LogP contribution in [0.5, 0.6) is 0 Å². The van der Waals surface area contributed by atoms with E-state index in [1.807, 2.05) is 13.8 Å². The minimum atomic E-state index is -0.741.